The number of thiocarbonyl (C=S) groups is 1. The average molecular weight is 310 g/mol. The number of hydrogen-bond acceptors (Lipinski definition) is 4. The summed E-state index contributed by atoms with van der Waals surface area (Å²) < 4.78 is 5.30. The van der Waals surface area contributed by atoms with Crippen LogP contribution in [-0.4, -0.2) is 29.6 Å². The van der Waals surface area contributed by atoms with Crippen LogP contribution in [0.25, 0.3) is 0 Å². The number of benzene rings is 1. The van der Waals surface area contributed by atoms with Gasteiger partial charge in [-0.15, -0.1) is 0 Å². The Balaban J connectivity index is 2.23. The van der Waals surface area contributed by atoms with Gasteiger partial charge in [0.1, 0.15) is 10.7 Å². The summed E-state index contributed by atoms with van der Waals surface area (Å²) in [6.07, 6.45) is 7.25. The Labute approximate surface area is 130 Å². The van der Waals surface area contributed by atoms with Gasteiger partial charge >= 0.3 is 0 Å². The van der Waals surface area contributed by atoms with E-state index in [4.69, 9.17) is 22.7 Å². The summed E-state index contributed by atoms with van der Waals surface area (Å²) in [5.74, 6) is 0.823. The second kappa shape index (κ2) is 7.18. The zero-order valence-corrected chi connectivity index (χ0v) is 13.7. The van der Waals surface area contributed by atoms with E-state index in [1.807, 2.05) is 30.0 Å². The van der Waals surface area contributed by atoms with E-state index in [1.165, 1.54) is 25.7 Å². The van der Waals surface area contributed by atoms with Crippen molar-refractivity contribution in [2.24, 2.45) is 5.73 Å². The third kappa shape index (κ3) is 3.58. The number of nitrogens with two attached hydrogens (primary N) is 1. The van der Waals surface area contributed by atoms with Gasteiger partial charge in [0.15, 0.2) is 0 Å². The molecule has 2 unspecified atom stereocenters. The number of thioether (sulfide) groups is 1. The van der Waals surface area contributed by atoms with Crippen LogP contribution in [0, 0.1) is 0 Å². The Morgan fingerprint density at radius 1 is 1.40 bits per heavy atom. The zero-order valence-electron chi connectivity index (χ0n) is 12.0. The molecule has 0 saturated heterocycles. The van der Waals surface area contributed by atoms with Crippen LogP contribution in [0.1, 0.15) is 31.2 Å². The molecule has 0 aromatic heterocycles. The molecule has 0 radical (unpaired) electrons. The fraction of sp³-hybridized carbons (Fsp3) is 0.533. The van der Waals surface area contributed by atoms with Gasteiger partial charge in [-0.2, -0.15) is 11.8 Å². The van der Waals surface area contributed by atoms with E-state index in [1.54, 1.807) is 7.11 Å². The van der Waals surface area contributed by atoms with E-state index in [0.29, 0.717) is 16.3 Å². The second-order valence-corrected chi connectivity index (χ2v) is 6.60. The van der Waals surface area contributed by atoms with Gasteiger partial charge < -0.3 is 15.8 Å². The van der Waals surface area contributed by atoms with Gasteiger partial charge in [0.05, 0.1) is 7.11 Å². The Hall–Kier alpha value is -0.940. The van der Waals surface area contributed by atoms with Crippen molar-refractivity contribution < 1.29 is 4.74 Å². The average Bonchev–Trinajstić information content (AvgIpc) is 2.47. The molecule has 1 aromatic rings. The van der Waals surface area contributed by atoms with E-state index in [0.717, 1.165) is 17.0 Å². The molecule has 0 aliphatic heterocycles. The molecule has 0 spiro atoms. The molecule has 1 aliphatic rings. The minimum atomic E-state index is 0.423. The van der Waals surface area contributed by atoms with Crippen LogP contribution in [0.4, 0.5) is 5.69 Å². The molecule has 20 heavy (non-hydrogen) atoms. The van der Waals surface area contributed by atoms with E-state index in [-0.39, 0.29) is 0 Å². The minimum absolute atomic E-state index is 0.423. The monoisotopic (exact) mass is 310 g/mol. The maximum absolute atomic E-state index is 5.82. The van der Waals surface area contributed by atoms with Gasteiger partial charge in [-0.05, 0) is 31.2 Å². The lowest BCUT2D eigenvalue weighted by Crippen LogP contribution is -2.35. The summed E-state index contributed by atoms with van der Waals surface area (Å²) in [7, 11) is 1.67. The quantitative estimate of drug-likeness (QED) is 0.816. The minimum Gasteiger partial charge on any atom is -0.497 e. The SMILES string of the molecule is COc1ccc(C(N)=S)c(NC2CCCCC2SC)c1. The van der Waals surface area contributed by atoms with Crippen molar-refractivity contribution in [2.75, 3.05) is 18.7 Å². The number of rotatable bonds is 5. The fourth-order valence-electron chi connectivity index (χ4n) is 2.73. The molecule has 1 aliphatic carbocycles. The standard InChI is InChI=1S/C15H22N2OS2/c1-18-10-7-8-11(15(16)19)13(9-10)17-12-5-3-4-6-14(12)20-2/h7-9,12,14,17H,3-6H2,1-2H3,(H2,16,19). The van der Waals surface area contributed by atoms with Gasteiger partial charge in [0.25, 0.3) is 0 Å². The van der Waals surface area contributed by atoms with Crippen LogP contribution >= 0.6 is 24.0 Å². The van der Waals surface area contributed by atoms with Crippen LogP contribution in [-0.2, 0) is 0 Å². The molecular weight excluding hydrogens is 288 g/mol. The number of anilines is 1. The normalized spacial score (nSPS) is 22.3. The Morgan fingerprint density at radius 2 is 2.15 bits per heavy atom. The molecule has 1 fully saturated rings. The molecule has 3 nitrogen and oxygen atoms in total. The molecule has 1 saturated carbocycles. The van der Waals surface area contributed by atoms with Crippen molar-refractivity contribution in [1.82, 2.24) is 0 Å². The maximum Gasteiger partial charge on any atom is 0.120 e. The molecule has 0 bridgehead atoms. The Bertz CT molecular complexity index is 479. The maximum atomic E-state index is 5.82. The summed E-state index contributed by atoms with van der Waals surface area (Å²) in [5, 5.41) is 4.29. The first-order valence-electron chi connectivity index (χ1n) is 6.93. The van der Waals surface area contributed by atoms with Gasteiger partial charge in [0, 0.05) is 28.6 Å². The molecule has 0 amide bonds. The first kappa shape index (κ1) is 15.4. The first-order chi connectivity index (χ1) is 9.65. The molecular formula is C15H22N2OS2. The topological polar surface area (TPSA) is 47.3 Å². The summed E-state index contributed by atoms with van der Waals surface area (Å²) >= 11 is 7.09. The van der Waals surface area contributed by atoms with Gasteiger partial charge in [0.2, 0.25) is 0 Å². The smallest absolute Gasteiger partial charge is 0.120 e. The van der Waals surface area contributed by atoms with E-state index in [2.05, 4.69) is 11.6 Å². The fourth-order valence-corrected chi connectivity index (χ4v) is 3.84. The zero-order chi connectivity index (χ0) is 14.5. The van der Waals surface area contributed by atoms with Crippen LogP contribution in [0.2, 0.25) is 0 Å². The number of hydrogen-bond donors (Lipinski definition) is 2. The van der Waals surface area contributed by atoms with Crippen molar-refractivity contribution in [1.29, 1.82) is 0 Å². The lowest BCUT2D eigenvalue weighted by Gasteiger charge is -2.32. The predicted molar refractivity (Wildman–Crippen MR) is 92.1 cm³/mol. The molecule has 1 aromatic carbocycles. The van der Waals surface area contributed by atoms with Crippen molar-refractivity contribution in [2.45, 2.75) is 37.0 Å². The highest BCUT2D eigenvalue weighted by Gasteiger charge is 2.25. The summed E-state index contributed by atoms with van der Waals surface area (Å²) in [6, 6.07) is 6.28. The van der Waals surface area contributed by atoms with Crippen molar-refractivity contribution in [3.63, 3.8) is 0 Å². The summed E-state index contributed by atoms with van der Waals surface area (Å²) in [5.41, 5.74) is 7.71. The van der Waals surface area contributed by atoms with Gasteiger partial charge in [-0.3, -0.25) is 0 Å². The first-order valence-corrected chi connectivity index (χ1v) is 8.62. The Morgan fingerprint density at radius 3 is 2.80 bits per heavy atom. The summed E-state index contributed by atoms with van der Waals surface area (Å²) in [4.78, 5) is 0.423. The Kier molecular flexibility index (Phi) is 5.54. The molecule has 0 heterocycles. The van der Waals surface area contributed by atoms with Crippen molar-refractivity contribution >= 4 is 34.7 Å². The van der Waals surface area contributed by atoms with Crippen molar-refractivity contribution in [3.05, 3.63) is 23.8 Å². The highest BCUT2D eigenvalue weighted by atomic mass is 32.2. The van der Waals surface area contributed by atoms with Crippen LogP contribution < -0.4 is 15.8 Å². The lowest BCUT2D eigenvalue weighted by atomic mass is 9.94. The van der Waals surface area contributed by atoms with E-state index < -0.39 is 0 Å². The van der Waals surface area contributed by atoms with Gasteiger partial charge in [-0.25, -0.2) is 0 Å². The number of methoxy groups -OCH3 is 1. The van der Waals surface area contributed by atoms with Crippen molar-refractivity contribution in [3.8, 4) is 5.75 Å². The number of nitrogens with one attached hydrogen (secondary N) is 1. The third-order valence-electron chi connectivity index (χ3n) is 3.84. The third-order valence-corrected chi connectivity index (χ3v) is 5.23. The second-order valence-electron chi connectivity index (χ2n) is 5.09. The molecule has 3 N–H and O–H groups in total. The van der Waals surface area contributed by atoms with E-state index in [9.17, 15) is 0 Å². The van der Waals surface area contributed by atoms with Crippen LogP contribution in [0.3, 0.4) is 0 Å². The molecule has 5 heteroatoms. The van der Waals surface area contributed by atoms with E-state index >= 15 is 0 Å². The molecule has 2 atom stereocenters. The highest BCUT2D eigenvalue weighted by Crippen LogP contribution is 2.31. The predicted octanol–water partition coefficient (Wildman–Crippen LogP) is 3.42. The summed E-state index contributed by atoms with van der Waals surface area (Å²) in [6.45, 7) is 0. The largest absolute Gasteiger partial charge is 0.497 e. The van der Waals surface area contributed by atoms with Crippen LogP contribution in [0.5, 0.6) is 5.75 Å². The molecule has 110 valence electrons. The van der Waals surface area contributed by atoms with Gasteiger partial charge in [-0.1, -0.05) is 25.1 Å². The van der Waals surface area contributed by atoms with Crippen LogP contribution in [0.15, 0.2) is 18.2 Å². The molecule has 2 rings (SSSR count). The number of ether oxygens (including phenoxy) is 1. The lowest BCUT2D eigenvalue weighted by molar-refractivity contribution is 0.414. The highest BCUT2D eigenvalue weighted by molar-refractivity contribution is 7.99.